The first-order valence-electron chi connectivity index (χ1n) is 6.04. The zero-order valence-electron chi connectivity index (χ0n) is 10.6. The fourth-order valence-corrected chi connectivity index (χ4v) is 2.36. The van der Waals surface area contributed by atoms with Crippen molar-refractivity contribution in [3.8, 4) is 17.1 Å². The number of hydrogen-bond acceptors (Lipinski definition) is 4. The topological polar surface area (TPSA) is 80.9 Å². The lowest BCUT2D eigenvalue weighted by atomic mass is 10.2. The summed E-state index contributed by atoms with van der Waals surface area (Å²) < 4.78 is 0.583. The molecular formula is C14H9BrN4O2. The highest BCUT2D eigenvalue weighted by molar-refractivity contribution is 9.10. The molecule has 0 aliphatic heterocycles. The van der Waals surface area contributed by atoms with Crippen molar-refractivity contribution < 1.29 is 9.90 Å². The number of carboxylic acid groups (broad SMARTS) is 1. The Balaban J connectivity index is 1.99. The fraction of sp³-hybridized carbons (Fsp3) is 0. The van der Waals surface area contributed by atoms with Crippen molar-refractivity contribution in [2.24, 2.45) is 0 Å². The van der Waals surface area contributed by atoms with Gasteiger partial charge in [-0.25, -0.2) is 4.79 Å². The smallest absolute Gasteiger partial charge is 0.335 e. The van der Waals surface area contributed by atoms with Gasteiger partial charge < -0.3 is 5.11 Å². The van der Waals surface area contributed by atoms with E-state index in [-0.39, 0.29) is 5.56 Å². The molecule has 21 heavy (non-hydrogen) atoms. The molecule has 0 aliphatic carbocycles. The highest BCUT2D eigenvalue weighted by Gasteiger charge is 2.12. The summed E-state index contributed by atoms with van der Waals surface area (Å²) in [7, 11) is 0. The second-order valence-electron chi connectivity index (χ2n) is 4.24. The van der Waals surface area contributed by atoms with Crippen molar-refractivity contribution in [2.75, 3.05) is 0 Å². The third-order valence-electron chi connectivity index (χ3n) is 2.86. The van der Waals surface area contributed by atoms with Gasteiger partial charge in [0.1, 0.15) is 5.69 Å². The zero-order chi connectivity index (χ0) is 14.8. The second kappa shape index (κ2) is 5.45. The first-order valence-corrected chi connectivity index (χ1v) is 6.83. The van der Waals surface area contributed by atoms with Gasteiger partial charge in [0.15, 0.2) is 0 Å². The van der Waals surface area contributed by atoms with Gasteiger partial charge in [0, 0.05) is 10.0 Å². The number of halogens is 1. The maximum atomic E-state index is 10.9. The van der Waals surface area contributed by atoms with Crippen molar-refractivity contribution in [3.05, 3.63) is 58.6 Å². The maximum absolute atomic E-state index is 10.9. The summed E-state index contributed by atoms with van der Waals surface area (Å²) in [6.45, 7) is 0. The van der Waals surface area contributed by atoms with Crippen LogP contribution in [-0.2, 0) is 0 Å². The van der Waals surface area contributed by atoms with Crippen molar-refractivity contribution in [1.82, 2.24) is 20.2 Å². The van der Waals surface area contributed by atoms with Gasteiger partial charge in [-0.1, -0.05) is 30.3 Å². The molecule has 0 atom stereocenters. The lowest BCUT2D eigenvalue weighted by molar-refractivity contribution is 0.0697. The van der Waals surface area contributed by atoms with Crippen LogP contribution in [0.1, 0.15) is 10.4 Å². The maximum Gasteiger partial charge on any atom is 0.335 e. The number of carbonyl (C=O) groups is 1. The van der Waals surface area contributed by atoms with Gasteiger partial charge in [0.25, 0.3) is 0 Å². The molecule has 0 saturated heterocycles. The SMILES string of the molecule is O=C(O)c1ccc(-n2nnc(-c3ccccc3)n2)c(Br)c1. The van der Waals surface area contributed by atoms with E-state index in [0.29, 0.717) is 16.0 Å². The third-order valence-corrected chi connectivity index (χ3v) is 3.49. The average Bonchev–Trinajstić information content (AvgIpc) is 2.97. The highest BCUT2D eigenvalue weighted by atomic mass is 79.9. The zero-order valence-corrected chi connectivity index (χ0v) is 12.2. The van der Waals surface area contributed by atoms with Gasteiger partial charge in [-0.05, 0) is 39.3 Å². The molecule has 0 unspecified atom stereocenters. The summed E-state index contributed by atoms with van der Waals surface area (Å²) >= 11 is 3.33. The normalized spacial score (nSPS) is 10.5. The summed E-state index contributed by atoms with van der Waals surface area (Å²) in [5, 5.41) is 21.3. The molecule has 1 heterocycles. The number of benzene rings is 2. The standard InChI is InChI=1S/C14H9BrN4O2/c15-11-8-10(14(20)21)6-7-12(11)19-17-13(16-18-19)9-4-2-1-3-5-9/h1-8H,(H,20,21). The van der Waals surface area contributed by atoms with Gasteiger partial charge in [0.2, 0.25) is 5.82 Å². The predicted molar refractivity (Wildman–Crippen MR) is 79.2 cm³/mol. The molecule has 3 rings (SSSR count). The predicted octanol–water partition coefficient (Wildman–Crippen LogP) is 2.79. The van der Waals surface area contributed by atoms with Crippen molar-refractivity contribution in [2.45, 2.75) is 0 Å². The van der Waals surface area contributed by atoms with Gasteiger partial charge in [-0.2, -0.15) is 0 Å². The van der Waals surface area contributed by atoms with E-state index >= 15 is 0 Å². The van der Waals surface area contributed by atoms with Crippen molar-refractivity contribution in [1.29, 1.82) is 0 Å². The minimum absolute atomic E-state index is 0.189. The largest absolute Gasteiger partial charge is 0.478 e. The first-order chi connectivity index (χ1) is 10.1. The van der Waals surface area contributed by atoms with E-state index in [1.54, 1.807) is 6.07 Å². The molecule has 0 fully saturated rings. The van der Waals surface area contributed by atoms with E-state index < -0.39 is 5.97 Å². The Morgan fingerprint density at radius 1 is 1.14 bits per heavy atom. The summed E-state index contributed by atoms with van der Waals surface area (Å²) in [6.07, 6.45) is 0. The molecule has 6 nitrogen and oxygen atoms in total. The van der Waals surface area contributed by atoms with E-state index in [1.165, 1.54) is 16.9 Å². The Morgan fingerprint density at radius 2 is 1.90 bits per heavy atom. The average molecular weight is 345 g/mol. The summed E-state index contributed by atoms with van der Waals surface area (Å²) in [5.41, 5.74) is 1.67. The van der Waals surface area contributed by atoms with Crippen LogP contribution in [0, 0.1) is 0 Å². The van der Waals surface area contributed by atoms with Crippen LogP contribution in [0.15, 0.2) is 53.0 Å². The fourth-order valence-electron chi connectivity index (χ4n) is 1.82. The van der Waals surface area contributed by atoms with Crippen LogP contribution in [0.5, 0.6) is 0 Å². The van der Waals surface area contributed by atoms with E-state index in [0.717, 1.165) is 5.56 Å². The van der Waals surface area contributed by atoms with Crippen LogP contribution in [0.2, 0.25) is 0 Å². The lowest BCUT2D eigenvalue weighted by Crippen LogP contribution is -2.03. The number of tetrazole rings is 1. The molecule has 2 aromatic carbocycles. The molecule has 0 amide bonds. The molecule has 0 saturated carbocycles. The van der Waals surface area contributed by atoms with E-state index in [9.17, 15) is 4.79 Å². The van der Waals surface area contributed by atoms with Crippen LogP contribution in [0.4, 0.5) is 0 Å². The first kappa shape index (κ1) is 13.4. The van der Waals surface area contributed by atoms with Crippen LogP contribution >= 0.6 is 15.9 Å². The number of aromatic nitrogens is 4. The monoisotopic (exact) mass is 344 g/mol. The molecule has 0 spiro atoms. The number of carboxylic acids is 1. The quantitative estimate of drug-likeness (QED) is 0.789. The molecule has 1 N–H and O–H groups in total. The Morgan fingerprint density at radius 3 is 2.57 bits per heavy atom. The second-order valence-corrected chi connectivity index (χ2v) is 5.09. The summed E-state index contributed by atoms with van der Waals surface area (Å²) in [6, 6.07) is 14.1. The number of nitrogens with zero attached hydrogens (tertiary/aromatic N) is 4. The van der Waals surface area contributed by atoms with Crippen molar-refractivity contribution >= 4 is 21.9 Å². The minimum atomic E-state index is -0.987. The van der Waals surface area contributed by atoms with Crippen LogP contribution < -0.4 is 0 Å². The molecule has 0 aliphatic rings. The molecule has 104 valence electrons. The summed E-state index contributed by atoms with van der Waals surface area (Å²) in [5.74, 6) is -0.483. The third kappa shape index (κ3) is 2.68. The lowest BCUT2D eigenvalue weighted by Gasteiger charge is -2.03. The number of aromatic carboxylic acids is 1. The Kier molecular flexibility index (Phi) is 3.49. The molecule has 7 heteroatoms. The molecule has 0 radical (unpaired) electrons. The highest BCUT2D eigenvalue weighted by Crippen LogP contribution is 2.22. The van der Waals surface area contributed by atoms with E-state index in [4.69, 9.17) is 5.11 Å². The molecule has 3 aromatic rings. The number of hydrogen-bond donors (Lipinski definition) is 1. The van der Waals surface area contributed by atoms with Crippen LogP contribution in [0.25, 0.3) is 17.1 Å². The van der Waals surface area contributed by atoms with Gasteiger partial charge in [-0.3, -0.25) is 0 Å². The Bertz CT molecular complexity index is 802. The molecule has 0 bridgehead atoms. The Labute approximate surface area is 128 Å². The van der Waals surface area contributed by atoms with Gasteiger partial charge in [0.05, 0.1) is 5.56 Å². The van der Waals surface area contributed by atoms with Crippen molar-refractivity contribution in [3.63, 3.8) is 0 Å². The molecule has 1 aromatic heterocycles. The Hall–Kier alpha value is -2.54. The minimum Gasteiger partial charge on any atom is -0.478 e. The van der Waals surface area contributed by atoms with Gasteiger partial charge in [-0.15, -0.1) is 15.0 Å². The molecular weight excluding hydrogens is 336 g/mol. The summed E-state index contributed by atoms with van der Waals surface area (Å²) in [4.78, 5) is 12.3. The van der Waals surface area contributed by atoms with Gasteiger partial charge >= 0.3 is 5.97 Å². The van der Waals surface area contributed by atoms with Crippen LogP contribution in [0.3, 0.4) is 0 Å². The van der Waals surface area contributed by atoms with Crippen LogP contribution in [-0.4, -0.2) is 31.3 Å². The van der Waals surface area contributed by atoms with E-state index in [2.05, 4.69) is 31.3 Å². The number of rotatable bonds is 3. The van der Waals surface area contributed by atoms with E-state index in [1.807, 2.05) is 30.3 Å².